The molecule has 1 N–H and O–H groups in total. The van der Waals surface area contributed by atoms with E-state index in [9.17, 15) is 4.79 Å². The van der Waals surface area contributed by atoms with Gasteiger partial charge in [-0.1, -0.05) is 0 Å². The maximum atomic E-state index is 10.8. The van der Waals surface area contributed by atoms with E-state index in [0.29, 0.717) is 5.82 Å². The van der Waals surface area contributed by atoms with Gasteiger partial charge in [0.1, 0.15) is 0 Å². The first-order valence-electron chi connectivity index (χ1n) is 3.03. The standard InChI is InChI=1S/C7H4BrN3O/c8-4-3-7(12)10-6-2-1-5-9-11-6/h1-2,5H,(H,10,11,12). The second-order valence-corrected chi connectivity index (χ2v) is 2.18. The van der Waals surface area contributed by atoms with Crippen LogP contribution in [0.25, 0.3) is 0 Å². The molecule has 5 heteroatoms. The van der Waals surface area contributed by atoms with Crippen molar-refractivity contribution in [3.63, 3.8) is 0 Å². The zero-order valence-electron chi connectivity index (χ0n) is 5.91. The number of hydrogen-bond donors (Lipinski definition) is 1. The van der Waals surface area contributed by atoms with Crippen molar-refractivity contribution in [2.75, 3.05) is 5.32 Å². The first-order chi connectivity index (χ1) is 5.83. The molecule has 0 aliphatic heterocycles. The predicted molar refractivity (Wildman–Crippen MR) is 47.4 cm³/mol. The van der Waals surface area contributed by atoms with E-state index in [2.05, 4.69) is 42.2 Å². The van der Waals surface area contributed by atoms with Crippen molar-refractivity contribution in [1.29, 1.82) is 0 Å². The summed E-state index contributed by atoms with van der Waals surface area (Å²) in [6.07, 6.45) is 1.52. The number of aromatic nitrogens is 2. The lowest BCUT2D eigenvalue weighted by atomic mass is 10.5. The molecule has 0 spiro atoms. The van der Waals surface area contributed by atoms with Crippen LogP contribution in [0.4, 0.5) is 5.82 Å². The number of nitrogens with zero attached hydrogens (tertiary/aromatic N) is 2. The Morgan fingerprint density at radius 2 is 2.50 bits per heavy atom. The number of carbonyl (C=O) groups is 1. The van der Waals surface area contributed by atoms with Crippen LogP contribution in [-0.2, 0) is 4.79 Å². The van der Waals surface area contributed by atoms with Crippen LogP contribution in [-0.4, -0.2) is 16.1 Å². The first kappa shape index (κ1) is 8.68. The van der Waals surface area contributed by atoms with Gasteiger partial charge in [-0.25, -0.2) is 0 Å². The van der Waals surface area contributed by atoms with Crippen LogP contribution in [0, 0.1) is 10.8 Å². The van der Waals surface area contributed by atoms with Gasteiger partial charge in [0.05, 0.1) is 0 Å². The molecule has 4 nitrogen and oxygen atoms in total. The molecule has 0 saturated carbocycles. The van der Waals surface area contributed by atoms with Gasteiger partial charge in [-0.05, 0) is 17.0 Å². The molecular formula is C7H4BrN3O. The van der Waals surface area contributed by atoms with Crippen molar-refractivity contribution in [1.82, 2.24) is 10.2 Å². The van der Waals surface area contributed by atoms with Crippen LogP contribution < -0.4 is 5.32 Å². The molecule has 0 radical (unpaired) electrons. The molecule has 1 heterocycles. The second-order valence-electron chi connectivity index (χ2n) is 1.78. The number of halogens is 1. The van der Waals surface area contributed by atoms with E-state index in [1.54, 1.807) is 12.1 Å². The Bertz CT molecular complexity index is 327. The molecule has 0 saturated heterocycles. The summed E-state index contributed by atoms with van der Waals surface area (Å²) in [5.74, 6) is 2.21. The topological polar surface area (TPSA) is 54.9 Å². The fourth-order valence-electron chi connectivity index (χ4n) is 0.559. The Hall–Kier alpha value is -1.41. The molecule has 60 valence electrons. The molecule has 0 aliphatic carbocycles. The summed E-state index contributed by atoms with van der Waals surface area (Å²) in [5, 5.41) is 9.64. The first-order valence-corrected chi connectivity index (χ1v) is 3.82. The molecule has 0 bridgehead atoms. The Balaban J connectivity index is 2.63. The summed E-state index contributed by atoms with van der Waals surface area (Å²) in [6, 6.07) is 3.30. The van der Waals surface area contributed by atoms with E-state index in [4.69, 9.17) is 0 Å². The van der Waals surface area contributed by atoms with Crippen LogP contribution in [0.1, 0.15) is 0 Å². The monoisotopic (exact) mass is 225 g/mol. The van der Waals surface area contributed by atoms with Gasteiger partial charge in [-0.2, -0.15) is 5.10 Å². The normalized spacial score (nSPS) is 8.08. The minimum atomic E-state index is -0.424. The van der Waals surface area contributed by atoms with Crippen LogP contribution in [0.3, 0.4) is 0 Å². The van der Waals surface area contributed by atoms with Gasteiger partial charge in [-0.15, -0.1) is 5.10 Å². The van der Waals surface area contributed by atoms with Crippen molar-refractivity contribution in [2.24, 2.45) is 0 Å². The number of rotatable bonds is 1. The highest BCUT2D eigenvalue weighted by Gasteiger charge is 1.96. The fraction of sp³-hybridized carbons (Fsp3) is 0. The van der Waals surface area contributed by atoms with Gasteiger partial charge in [-0.3, -0.25) is 10.1 Å². The van der Waals surface area contributed by atoms with E-state index in [0.717, 1.165) is 0 Å². The van der Waals surface area contributed by atoms with Crippen LogP contribution >= 0.6 is 15.9 Å². The van der Waals surface area contributed by atoms with Gasteiger partial charge in [0.2, 0.25) is 0 Å². The highest BCUT2D eigenvalue weighted by atomic mass is 79.9. The summed E-state index contributed by atoms with van der Waals surface area (Å²) in [5.41, 5.74) is 0. The smallest absolute Gasteiger partial charge is 0.298 e. The van der Waals surface area contributed by atoms with Gasteiger partial charge < -0.3 is 0 Å². The number of anilines is 1. The fourth-order valence-corrected chi connectivity index (χ4v) is 0.739. The average Bonchev–Trinajstić information content (AvgIpc) is 2.06. The SMILES string of the molecule is O=C(C#CBr)Nc1cccnn1. The molecule has 1 aromatic rings. The van der Waals surface area contributed by atoms with Crippen molar-refractivity contribution >= 4 is 27.7 Å². The third-order valence-electron chi connectivity index (χ3n) is 0.975. The summed E-state index contributed by atoms with van der Waals surface area (Å²) < 4.78 is 0. The van der Waals surface area contributed by atoms with Crippen molar-refractivity contribution in [3.05, 3.63) is 18.3 Å². The summed E-state index contributed by atoms with van der Waals surface area (Å²) in [4.78, 5) is 13.1. The Morgan fingerprint density at radius 3 is 3.08 bits per heavy atom. The van der Waals surface area contributed by atoms with E-state index in [-0.39, 0.29) is 0 Å². The van der Waals surface area contributed by atoms with Gasteiger partial charge in [0.25, 0.3) is 0 Å². The number of hydrogen-bond acceptors (Lipinski definition) is 3. The van der Waals surface area contributed by atoms with E-state index >= 15 is 0 Å². The predicted octanol–water partition coefficient (Wildman–Crippen LogP) is 0.771. The highest BCUT2D eigenvalue weighted by molar-refractivity contribution is 9.12. The molecule has 0 fully saturated rings. The Labute approximate surface area is 77.5 Å². The Morgan fingerprint density at radius 1 is 1.67 bits per heavy atom. The van der Waals surface area contributed by atoms with Crippen LogP contribution in [0.5, 0.6) is 0 Å². The lowest BCUT2D eigenvalue weighted by Gasteiger charge is -1.95. The van der Waals surface area contributed by atoms with Crippen LogP contribution in [0.2, 0.25) is 0 Å². The molecule has 0 unspecified atom stereocenters. The maximum absolute atomic E-state index is 10.8. The summed E-state index contributed by atoms with van der Waals surface area (Å²) >= 11 is 2.81. The number of nitrogens with one attached hydrogen (secondary N) is 1. The van der Waals surface area contributed by atoms with Gasteiger partial charge >= 0.3 is 5.91 Å². The zero-order chi connectivity index (χ0) is 8.81. The molecule has 0 aromatic carbocycles. The minimum absolute atomic E-state index is 0.387. The molecule has 0 atom stereocenters. The minimum Gasteiger partial charge on any atom is -0.298 e. The van der Waals surface area contributed by atoms with Crippen molar-refractivity contribution in [2.45, 2.75) is 0 Å². The molecule has 1 aromatic heterocycles. The molecule has 12 heavy (non-hydrogen) atoms. The maximum Gasteiger partial charge on any atom is 0.302 e. The molecule has 1 rings (SSSR count). The Kier molecular flexibility index (Phi) is 3.23. The molecular weight excluding hydrogens is 222 g/mol. The second kappa shape index (κ2) is 4.46. The highest BCUT2D eigenvalue weighted by Crippen LogP contribution is 1.96. The summed E-state index contributed by atoms with van der Waals surface area (Å²) in [7, 11) is 0. The van der Waals surface area contributed by atoms with Gasteiger partial charge in [0.15, 0.2) is 5.82 Å². The van der Waals surface area contributed by atoms with Gasteiger partial charge in [0, 0.05) is 28.0 Å². The largest absolute Gasteiger partial charge is 0.302 e. The van der Waals surface area contributed by atoms with Crippen LogP contribution in [0.15, 0.2) is 18.3 Å². The third-order valence-corrected chi connectivity index (χ3v) is 1.17. The van der Waals surface area contributed by atoms with Crippen molar-refractivity contribution < 1.29 is 4.79 Å². The van der Waals surface area contributed by atoms with E-state index in [1.165, 1.54) is 6.20 Å². The number of carbonyl (C=O) groups excluding carboxylic acids is 1. The quantitative estimate of drug-likeness (QED) is 0.719. The summed E-state index contributed by atoms with van der Waals surface area (Å²) in [6.45, 7) is 0. The average molecular weight is 226 g/mol. The molecule has 0 aliphatic rings. The van der Waals surface area contributed by atoms with Crippen molar-refractivity contribution in [3.8, 4) is 10.8 Å². The van der Waals surface area contributed by atoms with E-state index < -0.39 is 5.91 Å². The number of amides is 1. The molecule has 1 amide bonds. The lowest BCUT2D eigenvalue weighted by molar-refractivity contribution is -0.111. The van der Waals surface area contributed by atoms with E-state index in [1.807, 2.05) is 0 Å². The lowest BCUT2D eigenvalue weighted by Crippen LogP contribution is -2.09. The zero-order valence-corrected chi connectivity index (χ0v) is 7.50. The third kappa shape index (κ3) is 2.68.